The second-order valence-corrected chi connectivity index (χ2v) is 8.94. The molecule has 0 fully saturated rings. The van der Waals surface area contributed by atoms with Crippen LogP contribution in [0.25, 0.3) is 6.08 Å². The van der Waals surface area contributed by atoms with Gasteiger partial charge in [-0.1, -0.05) is 67.9 Å². The Morgan fingerprint density at radius 1 is 1.06 bits per heavy atom. The summed E-state index contributed by atoms with van der Waals surface area (Å²) in [6.45, 7) is 6.05. The maximum atomic E-state index is 13.0. The van der Waals surface area contributed by atoms with Crippen molar-refractivity contribution >= 4 is 23.5 Å². The van der Waals surface area contributed by atoms with Gasteiger partial charge in [0, 0.05) is 18.1 Å². The molecule has 3 aromatic carbocycles. The fourth-order valence-corrected chi connectivity index (χ4v) is 4.30. The summed E-state index contributed by atoms with van der Waals surface area (Å²) >= 11 is 6.34. The van der Waals surface area contributed by atoms with E-state index in [4.69, 9.17) is 21.1 Å². The van der Waals surface area contributed by atoms with Crippen molar-refractivity contribution in [3.8, 4) is 11.5 Å². The van der Waals surface area contributed by atoms with Crippen LogP contribution < -0.4 is 9.47 Å². The third kappa shape index (κ3) is 3.92. The molecule has 0 atom stereocenters. The molecular formula is C27H24ClNO3. The Balaban J connectivity index is 1.40. The first-order chi connectivity index (χ1) is 15.5. The molecule has 162 valence electrons. The number of ketones is 1. The molecule has 0 radical (unpaired) electrons. The number of nitrogens with zero attached hydrogens (tertiary/aromatic N) is 1. The van der Waals surface area contributed by atoms with Crippen molar-refractivity contribution < 1.29 is 14.3 Å². The zero-order valence-corrected chi connectivity index (χ0v) is 18.9. The minimum absolute atomic E-state index is 0.0982. The van der Waals surface area contributed by atoms with E-state index in [0.717, 1.165) is 27.5 Å². The molecule has 4 nitrogen and oxygen atoms in total. The predicted molar refractivity (Wildman–Crippen MR) is 126 cm³/mol. The second-order valence-electron chi connectivity index (χ2n) is 8.53. The second kappa shape index (κ2) is 8.45. The van der Waals surface area contributed by atoms with Crippen molar-refractivity contribution in [3.63, 3.8) is 0 Å². The van der Waals surface area contributed by atoms with Gasteiger partial charge >= 0.3 is 0 Å². The van der Waals surface area contributed by atoms with E-state index in [1.165, 1.54) is 5.56 Å². The number of carbonyl (C=O) groups is 1. The largest absolute Gasteiger partial charge is 0.478 e. The number of halogens is 1. The highest BCUT2D eigenvalue weighted by Gasteiger charge is 2.33. The summed E-state index contributed by atoms with van der Waals surface area (Å²) < 4.78 is 12.1. The van der Waals surface area contributed by atoms with E-state index in [9.17, 15) is 4.79 Å². The molecular weight excluding hydrogens is 422 g/mol. The van der Waals surface area contributed by atoms with Crippen LogP contribution in [-0.4, -0.2) is 17.4 Å². The smallest absolute Gasteiger partial charge is 0.231 e. The van der Waals surface area contributed by atoms with Crippen LogP contribution in [0.4, 0.5) is 0 Å². The fourth-order valence-electron chi connectivity index (χ4n) is 4.10. The number of hydrogen-bond donors (Lipinski definition) is 0. The Morgan fingerprint density at radius 2 is 1.84 bits per heavy atom. The van der Waals surface area contributed by atoms with Crippen LogP contribution in [0.2, 0.25) is 5.02 Å². The van der Waals surface area contributed by atoms with Crippen molar-refractivity contribution in [2.24, 2.45) is 0 Å². The first-order valence-electron chi connectivity index (χ1n) is 10.8. The Kier molecular flexibility index (Phi) is 5.50. The summed E-state index contributed by atoms with van der Waals surface area (Å²) in [5.74, 6) is 2.06. The van der Waals surface area contributed by atoms with E-state index < -0.39 is 0 Å². The third-order valence-electron chi connectivity index (χ3n) is 5.93. The van der Waals surface area contributed by atoms with E-state index in [2.05, 4.69) is 30.9 Å². The van der Waals surface area contributed by atoms with Gasteiger partial charge in [-0.15, -0.1) is 0 Å². The molecule has 0 aromatic heterocycles. The molecule has 0 amide bonds. The molecule has 0 aliphatic carbocycles. The van der Waals surface area contributed by atoms with Gasteiger partial charge < -0.3 is 9.47 Å². The summed E-state index contributed by atoms with van der Waals surface area (Å²) in [4.78, 5) is 15.2. The van der Waals surface area contributed by atoms with Crippen molar-refractivity contribution in [2.45, 2.75) is 32.9 Å². The molecule has 0 bridgehead atoms. The normalized spacial score (nSPS) is 16.6. The molecule has 2 aliphatic heterocycles. The van der Waals surface area contributed by atoms with Crippen LogP contribution in [0.1, 0.15) is 52.4 Å². The Morgan fingerprint density at radius 3 is 2.59 bits per heavy atom. The summed E-state index contributed by atoms with van der Waals surface area (Å²) in [6, 6.07) is 19.7. The molecule has 0 N–H and O–H groups in total. The van der Waals surface area contributed by atoms with Gasteiger partial charge in [-0.3, -0.25) is 9.69 Å². The minimum atomic E-state index is -0.0982. The lowest BCUT2D eigenvalue weighted by atomic mass is 10.0. The first-order valence-corrected chi connectivity index (χ1v) is 11.2. The lowest BCUT2D eigenvalue weighted by molar-refractivity contribution is 0.0873. The summed E-state index contributed by atoms with van der Waals surface area (Å²) in [7, 11) is 0. The molecule has 0 unspecified atom stereocenters. The average molecular weight is 446 g/mol. The van der Waals surface area contributed by atoms with Gasteiger partial charge in [0.2, 0.25) is 5.78 Å². The van der Waals surface area contributed by atoms with Gasteiger partial charge in [0.15, 0.2) is 5.76 Å². The van der Waals surface area contributed by atoms with Crippen LogP contribution in [0, 0.1) is 0 Å². The fraction of sp³-hybridized carbons (Fsp3) is 0.222. The summed E-state index contributed by atoms with van der Waals surface area (Å²) in [6.07, 6.45) is 1.81. The molecule has 2 aliphatic rings. The van der Waals surface area contributed by atoms with Crippen LogP contribution in [0.15, 0.2) is 66.4 Å². The molecule has 0 spiro atoms. The van der Waals surface area contributed by atoms with E-state index >= 15 is 0 Å². The topological polar surface area (TPSA) is 38.8 Å². The van der Waals surface area contributed by atoms with Crippen molar-refractivity contribution in [1.29, 1.82) is 0 Å². The van der Waals surface area contributed by atoms with Gasteiger partial charge in [0.1, 0.15) is 18.2 Å². The minimum Gasteiger partial charge on any atom is -0.478 e. The Labute approximate surface area is 193 Å². The summed E-state index contributed by atoms with van der Waals surface area (Å²) in [5, 5.41) is 0.733. The maximum Gasteiger partial charge on any atom is 0.231 e. The number of fused-ring (bicyclic) bond motifs is 3. The third-order valence-corrected chi connectivity index (χ3v) is 6.30. The van der Waals surface area contributed by atoms with Gasteiger partial charge in [-0.2, -0.15) is 0 Å². The van der Waals surface area contributed by atoms with Gasteiger partial charge in [-0.25, -0.2) is 0 Å². The molecule has 32 heavy (non-hydrogen) atoms. The SMILES string of the molecule is CC(C)c1ccc(/C=C2\Oc3c(ccc4c3CN(Cc3ccccc3Cl)CO4)C2=O)cc1. The number of benzene rings is 3. The Bertz CT molecular complexity index is 1210. The van der Waals surface area contributed by atoms with Crippen LogP contribution in [-0.2, 0) is 13.1 Å². The van der Waals surface area contributed by atoms with Crippen molar-refractivity contribution in [1.82, 2.24) is 4.90 Å². The van der Waals surface area contributed by atoms with Gasteiger partial charge in [0.05, 0.1) is 11.1 Å². The first kappa shape index (κ1) is 20.8. The highest BCUT2D eigenvalue weighted by molar-refractivity contribution is 6.31. The number of carbonyl (C=O) groups excluding carboxylic acids is 1. The molecule has 0 saturated carbocycles. The molecule has 0 saturated heterocycles. The zero-order valence-electron chi connectivity index (χ0n) is 18.1. The monoisotopic (exact) mass is 445 g/mol. The van der Waals surface area contributed by atoms with E-state index in [1.54, 1.807) is 6.07 Å². The highest BCUT2D eigenvalue weighted by atomic mass is 35.5. The standard InChI is InChI=1S/C27H24ClNO3/c1-17(2)19-9-7-18(8-10-19)13-25-26(30)21-11-12-24-22(27(21)32-25)15-29(16-31-24)14-20-5-3-4-6-23(20)28/h3-13,17H,14-16H2,1-2H3/b25-13-. The van der Waals surface area contributed by atoms with E-state index in [1.807, 2.05) is 48.5 Å². The van der Waals surface area contributed by atoms with Gasteiger partial charge in [-0.05, 0) is 46.9 Å². The summed E-state index contributed by atoms with van der Waals surface area (Å²) in [5.41, 5.74) is 4.72. The number of ether oxygens (including phenoxy) is 2. The number of rotatable bonds is 4. The lowest BCUT2D eigenvalue weighted by Crippen LogP contribution is -2.31. The average Bonchev–Trinajstić information content (AvgIpc) is 3.11. The molecule has 3 aromatic rings. The van der Waals surface area contributed by atoms with Crippen molar-refractivity contribution in [2.75, 3.05) is 6.73 Å². The molecule has 5 heteroatoms. The van der Waals surface area contributed by atoms with Crippen LogP contribution in [0.3, 0.4) is 0 Å². The quantitative estimate of drug-likeness (QED) is 0.433. The highest BCUT2D eigenvalue weighted by Crippen LogP contribution is 2.42. The molecule has 2 heterocycles. The zero-order chi connectivity index (χ0) is 22.2. The predicted octanol–water partition coefficient (Wildman–Crippen LogP) is 6.43. The van der Waals surface area contributed by atoms with Crippen LogP contribution >= 0.6 is 11.6 Å². The molecule has 5 rings (SSSR count). The van der Waals surface area contributed by atoms with Crippen LogP contribution in [0.5, 0.6) is 11.5 Å². The van der Waals surface area contributed by atoms with Gasteiger partial charge in [0.25, 0.3) is 0 Å². The maximum absolute atomic E-state index is 13.0. The Hall–Kier alpha value is -3.08. The van der Waals surface area contributed by atoms with E-state index in [-0.39, 0.29) is 5.78 Å². The number of Topliss-reactive ketones (excluding diaryl/α,β-unsaturated/α-hetero) is 1. The number of allylic oxidation sites excluding steroid dienone is 1. The lowest BCUT2D eigenvalue weighted by Gasteiger charge is -2.30. The number of hydrogen-bond acceptors (Lipinski definition) is 4. The van der Waals surface area contributed by atoms with Crippen molar-refractivity contribution in [3.05, 3.63) is 99.3 Å². The van der Waals surface area contributed by atoms with E-state index in [0.29, 0.717) is 42.8 Å².